The third kappa shape index (κ3) is 3.24. The van der Waals surface area contributed by atoms with Gasteiger partial charge in [-0.05, 0) is 42.3 Å². The van der Waals surface area contributed by atoms with Gasteiger partial charge in [-0.3, -0.25) is 4.21 Å². The average Bonchev–Trinajstić information content (AvgIpc) is 2.38. The van der Waals surface area contributed by atoms with Gasteiger partial charge in [0.15, 0.2) is 0 Å². The molecule has 2 aromatic carbocycles. The van der Waals surface area contributed by atoms with Gasteiger partial charge in [0.1, 0.15) is 5.75 Å². The zero-order chi connectivity index (χ0) is 14.7. The molecule has 104 valence electrons. The summed E-state index contributed by atoms with van der Waals surface area (Å²) in [5, 5.41) is 18.4. The number of aromatic carboxylic acids is 1. The second-order valence-corrected chi connectivity index (χ2v) is 5.89. The number of benzene rings is 2. The molecule has 0 aliphatic heterocycles. The van der Waals surface area contributed by atoms with Crippen molar-refractivity contribution < 1.29 is 19.2 Å². The van der Waals surface area contributed by atoms with E-state index in [-0.39, 0.29) is 17.1 Å². The molecule has 0 aromatic heterocycles. The summed E-state index contributed by atoms with van der Waals surface area (Å²) in [6.07, 6.45) is 0. The third-order valence-corrected chi connectivity index (χ3v) is 4.29. The van der Waals surface area contributed by atoms with Crippen LogP contribution < -0.4 is 0 Å². The SMILES string of the molecule is Cc1ccc(S(=O)Cc2cccc(O)c2)cc1C(=O)O. The van der Waals surface area contributed by atoms with Crippen LogP contribution in [0.4, 0.5) is 0 Å². The lowest BCUT2D eigenvalue weighted by atomic mass is 10.1. The molecule has 0 amide bonds. The maximum atomic E-state index is 12.2. The molecular weight excluding hydrogens is 276 g/mol. The Morgan fingerprint density at radius 1 is 1.20 bits per heavy atom. The third-order valence-electron chi connectivity index (χ3n) is 2.91. The molecule has 0 heterocycles. The summed E-state index contributed by atoms with van der Waals surface area (Å²) in [6, 6.07) is 11.3. The summed E-state index contributed by atoms with van der Waals surface area (Å²) in [5.41, 5.74) is 1.53. The summed E-state index contributed by atoms with van der Waals surface area (Å²) in [5.74, 6) is -0.676. The van der Waals surface area contributed by atoms with E-state index in [0.717, 1.165) is 5.56 Å². The van der Waals surface area contributed by atoms with Crippen LogP contribution in [0, 0.1) is 6.92 Å². The standard InChI is InChI=1S/C15H14O4S/c1-10-5-6-13(8-14(10)15(17)18)20(19)9-11-3-2-4-12(16)7-11/h2-8,16H,9H2,1H3,(H,17,18). The van der Waals surface area contributed by atoms with E-state index in [2.05, 4.69) is 0 Å². The zero-order valence-corrected chi connectivity index (χ0v) is 11.7. The summed E-state index contributed by atoms with van der Waals surface area (Å²) in [4.78, 5) is 11.5. The van der Waals surface area contributed by atoms with E-state index in [0.29, 0.717) is 10.5 Å². The molecule has 0 spiro atoms. The Morgan fingerprint density at radius 2 is 1.95 bits per heavy atom. The van der Waals surface area contributed by atoms with Crippen molar-refractivity contribution in [3.05, 3.63) is 59.2 Å². The van der Waals surface area contributed by atoms with Gasteiger partial charge < -0.3 is 10.2 Å². The van der Waals surface area contributed by atoms with Crippen LogP contribution in [0.2, 0.25) is 0 Å². The fourth-order valence-electron chi connectivity index (χ4n) is 1.85. The van der Waals surface area contributed by atoms with Crippen LogP contribution in [0.1, 0.15) is 21.5 Å². The van der Waals surface area contributed by atoms with Crippen molar-refractivity contribution in [2.24, 2.45) is 0 Å². The highest BCUT2D eigenvalue weighted by molar-refractivity contribution is 7.84. The highest BCUT2D eigenvalue weighted by Crippen LogP contribution is 2.19. The molecule has 1 atom stereocenters. The number of carboxylic acid groups (broad SMARTS) is 1. The molecule has 20 heavy (non-hydrogen) atoms. The predicted octanol–water partition coefficient (Wildman–Crippen LogP) is 2.71. The number of rotatable bonds is 4. The molecule has 0 bridgehead atoms. The molecule has 4 nitrogen and oxygen atoms in total. The van der Waals surface area contributed by atoms with E-state index < -0.39 is 16.8 Å². The molecule has 2 N–H and O–H groups in total. The molecule has 2 aromatic rings. The van der Waals surface area contributed by atoms with Crippen LogP contribution in [0.25, 0.3) is 0 Å². The molecule has 0 aliphatic rings. The Hall–Kier alpha value is -2.14. The maximum Gasteiger partial charge on any atom is 0.335 e. The molecule has 2 rings (SSSR count). The van der Waals surface area contributed by atoms with Crippen molar-refractivity contribution in [1.29, 1.82) is 0 Å². The number of aryl methyl sites for hydroxylation is 1. The monoisotopic (exact) mass is 290 g/mol. The number of aromatic hydroxyl groups is 1. The van der Waals surface area contributed by atoms with Crippen LogP contribution in [0.15, 0.2) is 47.4 Å². The van der Waals surface area contributed by atoms with Gasteiger partial charge >= 0.3 is 5.97 Å². The number of carboxylic acids is 1. The van der Waals surface area contributed by atoms with Crippen molar-refractivity contribution in [3.8, 4) is 5.75 Å². The van der Waals surface area contributed by atoms with E-state index in [1.807, 2.05) is 0 Å². The highest BCUT2D eigenvalue weighted by Gasteiger charge is 2.12. The zero-order valence-electron chi connectivity index (χ0n) is 10.9. The largest absolute Gasteiger partial charge is 0.508 e. The summed E-state index contributed by atoms with van der Waals surface area (Å²) in [6.45, 7) is 1.70. The van der Waals surface area contributed by atoms with E-state index in [1.165, 1.54) is 6.07 Å². The minimum Gasteiger partial charge on any atom is -0.508 e. The number of hydrogen-bond acceptors (Lipinski definition) is 3. The van der Waals surface area contributed by atoms with Crippen molar-refractivity contribution >= 4 is 16.8 Å². The first-order valence-corrected chi connectivity index (χ1v) is 7.29. The minimum atomic E-state index is -1.35. The summed E-state index contributed by atoms with van der Waals surface area (Å²) >= 11 is 0. The highest BCUT2D eigenvalue weighted by atomic mass is 32.2. The smallest absolute Gasteiger partial charge is 0.335 e. The van der Waals surface area contributed by atoms with Crippen LogP contribution >= 0.6 is 0 Å². The van der Waals surface area contributed by atoms with E-state index in [9.17, 15) is 14.1 Å². The van der Waals surface area contributed by atoms with Gasteiger partial charge in [-0.1, -0.05) is 18.2 Å². The van der Waals surface area contributed by atoms with Crippen molar-refractivity contribution in [2.45, 2.75) is 17.6 Å². The van der Waals surface area contributed by atoms with Gasteiger partial charge in [-0.25, -0.2) is 4.79 Å². The van der Waals surface area contributed by atoms with Gasteiger partial charge in [0.25, 0.3) is 0 Å². The van der Waals surface area contributed by atoms with Crippen LogP contribution in [0.3, 0.4) is 0 Å². The van der Waals surface area contributed by atoms with Gasteiger partial charge in [-0.15, -0.1) is 0 Å². The Balaban J connectivity index is 2.26. The minimum absolute atomic E-state index is 0.120. The lowest BCUT2D eigenvalue weighted by molar-refractivity contribution is 0.0696. The van der Waals surface area contributed by atoms with Gasteiger partial charge in [0.05, 0.1) is 22.1 Å². The molecule has 1 unspecified atom stereocenters. The molecular formula is C15H14O4S. The van der Waals surface area contributed by atoms with Crippen molar-refractivity contribution in [2.75, 3.05) is 0 Å². The molecule has 0 aliphatic carbocycles. The fraction of sp³-hybridized carbons (Fsp3) is 0.133. The first-order chi connectivity index (χ1) is 9.47. The van der Waals surface area contributed by atoms with E-state index >= 15 is 0 Å². The number of carbonyl (C=O) groups is 1. The first-order valence-electron chi connectivity index (χ1n) is 5.97. The Labute approximate surface area is 119 Å². The second-order valence-electron chi connectivity index (χ2n) is 4.44. The molecule has 0 saturated heterocycles. The van der Waals surface area contributed by atoms with Crippen LogP contribution in [0.5, 0.6) is 5.75 Å². The number of hydrogen-bond donors (Lipinski definition) is 2. The van der Waals surface area contributed by atoms with Crippen molar-refractivity contribution in [3.63, 3.8) is 0 Å². The normalized spacial score (nSPS) is 12.1. The van der Waals surface area contributed by atoms with Crippen LogP contribution in [-0.2, 0) is 16.6 Å². The van der Waals surface area contributed by atoms with Crippen LogP contribution in [-0.4, -0.2) is 20.4 Å². The summed E-state index contributed by atoms with van der Waals surface area (Å²) in [7, 11) is -1.35. The van der Waals surface area contributed by atoms with Gasteiger partial charge in [0.2, 0.25) is 0 Å². The predicted molar refractivity (Wildman–Crippen MR) is 76.4 cm³/mol. The first kappa shape index (κ1) is 14.3. The molecule has 0 saturated carbocycles. The van der Waals surface area contributed by atoms with E-state index in [1.54, 1.807) is 43.3 Å². The average molecular weight is 290 g/mol. The lowest BCUT2D eigenvalue weighted by Gasteiger charge is -2.06. The Kier molecular flexibility index (Phi) is 4.20. The lowest BCUT2D eigenvalue weighted by Crippen LogP contribution is -2.03. The quantitative estimate of drug-likeness (QED) is 0.908. The topological polar surface area (TPSA) is 74.6 Å². The Bertz CT molecular complexity index is 679. The molecule has 5 heteroatoms. The van der Waals surface area contributed by atoms with E-state index in [4.69, 9.17) is 5.11 Å². The van der Waals surface area contributed by atoms with Crippen molar-refractivity contribution in [1.82, 2.24) is 0 Å². The fourth-order valence-corrected chi connectivity index (χ4v) is 2.97. The van der Waals surface area contributed by atoms with Gasteiger partial charge in [0, 0.05) is 4.90 Å². The number of phenols is 1. The van der Waals surface area contributed by atoms with Gasteiger partial charge in [-0.2, -0.15) is 0 Å². The Morgan fingerprint density at radius 3 is 2.60 bits per heavy atom. The molecule has 0 radical (unpaired) electrons. The summed E-state index contributed by atoms with van der Waals surface area (Å²) < 4.78 is 12.2. The molecule has 0 fully saturated rings. The maximum absolute atomic E-state index is 12.2. The number of phenolic OH excluding ortho intramolecular Hbond substituents is 1. The second kappa shape index (κ2) is 5.88.